The molecule has 0 bridgehead atoms. The minimum atomic E-state index is -0.326. The molecule has 28 heavy (non-hydrogen) atoms. The molecule has 3 aromatic rings. The van der Waals surface area contributed by atoms with E-state index in [0.29, 0.717) is 23.6 Å². The van der Waals surface area contributed by atoms with Gasteiger partial charge in [0.2, 0.25) is 0 Å². The normalized spacial score (nSPS) is 10.4. The highest BCUT2D eigenvalue weighted by atomic mass is 35.5. The Balaban J connectivity index is 1.61. The molecule has 1 aromatic heterocycles. The smallest absolute Gasteiger partial charge is 0.269 e. The van der Waals surface area contributed by atoms with Gasteiger partial charge in [-0.1, -0.05) is 41.9 Å². The number of hydrogen-bond donors (Lipinski definition) is 2. The Bertz CT molecular complexity index is 1000. The summed E-state index contributed by atoms with van der Waals surface area (Å²) in [5.41, 5.74) is 3.30. The number of aromatic nitrogens is 1. The summed E-state index contributed by atoms with van der Waals surface area (Å²) in [6, 6.07) is 18.1. The fourth-order valence-corrected chi connectivity index (χ4v) is 2.92. The number of anilines is 1. The molecular formula is C22H20ClN3O2. The van der Waals surface area contributed by atoms with Gasteiger partial charge in [-0.3, -0.25) is 14.6 Å². The number of halogens is 1. The molecule has 0 radical (unpaired) electrons. The minimum absolute atomic E-state index is 0.198. The molecule has 0 atom stereocenters. The van der Waals surface area contributed by atoms with Gasteiger partial charge in [-0.15, -0.1) is 0 Å². The van der Waals surface area contributed by atoms with Crippen LogP contribution in [0.4, 0.5) is 5.69 Å². The first-order valence-corrected chi connectivity index (χ1v) is 9.26. The molecule has 0 aliphatic heterocycles. The molecule has 6 heteroatoms. The Labute approximate surface area is 168 Å². The van der Waals surface area contributed by atoms with Crippen molar-refractivity contribution < 1.29 is 9.59 Å². The zero-order valence-electron chi connectivity index (χ0n) is 15.4. The molecule has 0 unspecified atom stereocenters. The van der Waals surface area contributed by atoms with Crippen molar-refractivity contribution >= 4 is 29.1 Å². The van der Waals surface area contributed by atoms with E-state index in [9.17, 15) is 9.59 Å². The van der Waals surface area contributed by atoms with Gasteiger partial charge in [0.05, 0.1) is 0 Å². The Kier molecular flexibility index (Phi) is 6.40. The van der Waals surface area contributed by atoms with Crippen LogP contribution in [0.2, 0.25) is 5.02 Å². The number of aryl methyl sites for hydroxylation is 1. The number of hydrogen-bond acceptors (Lipinski definition) is 3. The molecule has 1 heterocycles. The van der Waals surface area contributed by atoms with E-state index in [1.807, 2.05) is 49.4 Å². The lowest BCUT2D eigenvalue weighted by Gasteiger charge is -2.09. The van der Waals surface area contributed by atoms with E-state index >= 15 is 0 Å². The average Bonchev–Trinajstić information content (AvgIpc) is 2.70. The summed E-state index contributed by atoms with van der Waals surface area (Å²) in [5.74, 6) is -0.614. The van der Waals surface area contributed by atoms with Crippen LogP contribution in [0.1, 0.15) is 32.0 Å². The second-order valence-electron chi connectivity index (χ2n) is 6.33. The zero-order valence-corrected chi connectivity index (χ0v) is 16.2. The Morgan fingerprint density at radius 3 is 2.61 bits per heavy atom. The Hall–Kier alpha value is -3.18. The summed E-state index contributed by atoms with van der Waals surface area (Å²) >= 11 is 5.96. The van der Waals surface area contributed by atoms with E-state index in [0.717, 1.165) is 16.8 Å². The van der Waals surface area contributed by atoms with Crippen molar-refractivity contribution in [3.63, 3.8) is 0 Å². The molecule has 142 valence electrons. The maximum atomic E-state index is 12.5. The lowest BCUT2D eigenvalue weighted by molar-refractivity contribution is 0.0949. The first kappa shape index (κ1) is 19.6. The molecule has 3 rings (SSSR count). The van der Waals surface area contributed by atoms with Gasteiger partial charge in [-0.05, 0) is 54.8 Å². The molecule has 0 spiro atoms. The first-order valence-electron chi connectivity index (χ1n) is 8.88. The van der Waals surface area contributed by atoms with Crippen LogP contribution in [-0.4, -0.2) is 23.3 Å². The maximum absolute atomic E-state index is 12.5. The van der Waals surface area contributed by atoms with Crippen LogP contribution in [0.25, 0.3) is 0 Å². The van der Waals surface area contributed by atoms with Crippen molar-refractivity contribution in [1.29, 1.82) is 0 Å². The van der Waals surface area contributed by atoms with Crippen molar-refractivity contribution in [2.24, 2.45) is 0 Å². The number of pyridine rings is 1. The number of benzene rings is 2. The highest BCUT2D eigenvalue weighted by molar-refractivity contribution is 6.30. The highest BCUT2D eigenvalue weighted by Gasteiger charge is 2.12. The number of nitrogens with one attached hydrogen (secondary N) is 2. The van der Waals surface area contributed by atoms with Crippen molar-refractivity contribution in [3.05, 3.63) is 94.3 Å². The third-order valence-corrected chi connectivity index (χ3v) is 4.47. The Morgan fingerprint density at radius 2 is 1.82 bits per heavy atom. The fraction of sp³-hybridized carbons (Fsp3) is 0.136. The first-order chi connectivity index (χ1) is 13.5. The maximum Gasteiger partial charge on any atom is 0.269 e. The standard InChI is InChI=1S/C22H20ClN3O2/c1-15-5-2-3-8-19(15)26-21(27)17-10-12-24-20(14-17)22(28)25-11-9-16-6-4-7-18(23)13-16/h2-8,10,12-14H,9,11H2,1H3,(H,25,28)(H,26,27). The van der Waals surface area contributed by atoms with Gasteiger partial charge in [0, 0.05) is 29.0 Å². The molecule has 2 amide bonds. The van der Waals surface area contributed by atoms with Gasteiger partial charge in [-0.25, -0.2) is 0 Å². The largest absolute Gasteiger partial charge is 0.350 e. The fourth-order valence-electron chi connectivity index (χ4n) is 2.71. The van der Waals surface area contributed by atoms with Crippen LogP contribution in [0.3, 0.4) is 0 Å². The molecule has 5 nitrogen and oxygen atoms in total. The van der Waals surface area contributed by atoms with Crippen LogP contribution in [0, 0.1) is 6.92 Å². The third kappa shape index (κ3) is 5.18. The topological polar surface area (TPSA) is 71.1 Å². The van der Waals surface area contributed by atoms with E-state index < -0.39 is 0 Å². The van der Waals surface area contributed by atoms with Crippen LogP contribution in [-0.2, 0) is 6.42 Å². The molecule has 0 aliphatic carbocycles. The summed E-state index contributed by atoms with van der Waals surface area (Å²) < 4.78 is 0. The number of rotatable bonds is 6. The van der Waals surface area contributed by atoms with E-state index in [1.54, 1.807) is 12.1 Å². The number of amides is 2. The van der Waals surface area contributed by atoms with Gasteiger partial charge in [0.1, 0.15) is 5.69 Å². The lowest BCUT2D eigenvalue weighted by atomic mass is 10.1. The van der Waals surface area contributed by atoms with Crippen molar-refractivity contribution in [3.8, 4) is 0 Å². The van der Waals surface area contributed by atoms with Crippen molar-refractivity contribution in [1.82, 2.24) is 10.3 Å². The molecular weight excluding hydrogens is 374 g/mol. The van der Waals surface area contributed by atoms with Gasteiger partial charge < -0.3 is 10.6 Å². The van der Waals surface area contributed by atoms with Gasteiger partial charge in [0.25, 0.3) is 11.8 Å². The lowest BCUT2D eigenvalue weighted by Crippen LogP contribution is -2.27. The molecule has 2 aromatic carbocycles. The van der Waals surface area contributed by atoms with Gasteiger partial charge in [-0.2, -0.15) is 0 Å². The minimum Gasteiger partial charge on any atom is -0.350 e. The summed E-state index contributed by atoms with van der Waals surface area (Å²) in [5, 5.41) is 6.33. The summed E-state index contributed by atoms with van der Waals surface area (Å²) in [4.78, 5) is 28.9. The average molecular weight is 394 g/mol. The number of carbonyl (C=O) groups excluding carboxylic acids is 2. The SMILES string of the molecule is Cc1ccccc1NC(=O)c1ccnc(C(=O)NCCc2cccc(Cl)c2)c1. The third-order valence-electron chi connectivity index (χ3n) is 4.24. The predicted molar refractivity (Wildman–Crippen MR) is 111 cm³/mol. The van der Waals surface area contributed by atoms with Crippen LogP contribution < -0.4 is 10.6 Å². The molecule has 2 N–H and O–H groups in total. The molecule has 0 saturated carbocycles. The molecule has 0 fully saturated rings. The number of nitrogens with zero attached hydrogens (tertiary/aromatic N) is 1. The van der Waals surface area contributed by atoms with Gasteiger partial charge >= 0.3 is 0 Å². The van der Waals surface area contributed by atoms with E-state index in [-0.39, 0.29) is 17.5 Å². The van der Waals surface area contributed by atoms with Crippen LogP contribution >= 0.6 is 11.6 Å². The molecule has 0 saturated heterocycles. The highest BCUT2D eigenvalue weighted by Crippen LogP contribution is 2.15. The summed E-state index contributed by atoms with van der Waals surface area (Å²) in [6.07, 6.45) is 2.11. The second-order valence-corrected chi connectivity index (χ2v) is 6.77. The van der Waals surface area contributed by atoms with Crippen molar-refractivity contribution in [2.75, 3.05) is 11.9 Å². The number of para-hydroxylation sites is 1. The van der Waals surface area contributed by atoms with E-state index in [4.69, 9.17) is 11.6 Å². The van der Waals surface area contributed by atoms with Gasteiger partial charge in [0.15, 0.2) is 0 Å². The van der Waals surface area contributed by atoms with E-state index in [1.165, 1.54) is 12.3 Å². The summed E-state index contributed by atoms with van der Waals surface area (Å²) in [7, 11) is 0. The quantitative estimate of drug-likeness (QED) is 0.657. The van der Waals surface area contributed by atoms with Crippen molar-refractivity contribution in [2.45, 2.75) is 13.3 Å². The summed E-state index contributed by atoms with van der Waals surface area (Å²) in [6.45, 7) is 2.36. The second kappa shape index (κ2) is 9.15. The monoisotopic (exact) mass is 393 g/mol. The van der Waals surface area contributed by atoms with E-state index in [2.05, 4.69) is 15.6 Å². The Morgan fingerprint density at radius 1 is 1.00 bits per heavy atom. The predicted octanol–water partition coefficient (Wildman–Crippen LogP) is 4.27. The molecule has 0 aliphatic rings. The number of carbonyl (C=O) groups is 2. The van der Waals surface area contributed by atoms with Crippen LogP contribution in [0.5, 0.6) is 0 Å². The van der Waals surface area contributed by atoms with Crippen LogP contribution in [0.15, 0.2) is 66.9 Å². The zero-order chi connectivity index (χ0) is 19.9.